The Balaban J connectivity index is 1.94. The summed E-state index contributed by atoms with van der Waals surface area (Å²) in [6.07, 6.45) is 3.50. The average Bonchev–Trinajstić information content (AvgIpc) is 2.31. The predicted octanol–water partition coefficient (Wildman–Crippen LogP) is 0.835. The van der Waals surface area contributed by atoms with Gasteiger partial charge >= 0.3 is 0 Å². The summed E-state index contributed by atoms with van der Waals surface area (Å²) >= 11 is 5.36. The highest BCUT2D eigenvalue weighted by atomic mass is 32.1. The summed E-state index contributed by atoms with van der Waals surface area (Å²) in [5.41, 5.74) is 1.73. The van der Waals surface area contributed by atoms with Crippen LogP contribution >= 0.6 is 12.2 Å². The van der Waals surface area contributed by atoms with E-state index in [1.54, 1.807) is 12.4 Å². The highest BCUT2D eigenvalue weighted by Gasteiger charge is 2.13. The van der Waals surface area contributed by atoms with Crippen molar-refractivity contribution in [3.05, 3.63) is 23.8 Å². The van der Waals surface area contributed by atoms with Crippen molar-refractivity contribution in [1.82, 2.24) is 14.9 Å². The molecule has 86 valence electrons. The Morgan fingerprint density at radius 1 is 1.38 bits per heavy atom. The van der Waals surface area contributed by atoms with Gasteiger partial charge in [-0.3, -0.25) is 14.9 Å². The van der Waals surface area contributed by atoms with Crippen LogP contribution in [-0.2, 0) is 4.74 Å². The fourth-order valence-corrected chi connectivity index (χ4v) is 1.87. The van der Waals surface area contributed by atoms with Gasteiger partial charge in [0.05, 0.1) is 35.7 Å². The molecule has 1 aliphatic rings. The third-order valence-corrected chi connectivity index (χ3v) is 2.88. The van der Waals surface area contributed by atoms with Crippen molar-refractivity contribution in [3.8, 4) is 0 Å². The Morgan fingerprint density at radius 2 is 2.12 bits per heavy atom. The van der Waals surface area contributed by atoms with Crippen LogP contribution in [0.15, 0.2) is 12.4 Å². The summed E-state index contributed by atoms with van der Waals surface area (Å²) in [5.74, 6) is 0. The van der Waals surface area contributed by atoms with E-state index in [1.165, 1.54) is 0 Å². The lowest BCUT2D eigenvalue weighted by molar-refractivity contribution is 0.0455. The normalized spacial score (nSPS) is 17.3. The molecule has 4 nitrogen and oxygen atoms in total. The number of hydrogen-bond donors (Lipinski definition) is 0. The molecule has 0 bridgehead atoms. The molecule has 0 amide bonds. The van der Waals surface area contributed by atoms with E-state index in [4.69, 9.17) is 17.0 Å². The summed E-state index contributed by atoms with van der Waals surface area (Å²) in [6.45, 7) is 6.17. The van der Waals surface area contributed by atoms with Crippen LogP contribution in [-0.4, -0.2) is 52.6 Å². The van der Waals surface area contributed by atoms with Gasteiger partial charge in [0.15, 0.2) is 0 Å². The van der Waals surface area contributed by atoms with Crippen molar-refractivity contribution in [3.63, 3.8) is 0 Å². The van der Waals surface area contributed by atoms with Gasteiger partial charge in [-0.1, -0.05) is 12.2 Å². The molecule has 0 spiro atoms. The highest BCUT2D eigenvalue weighted by Crippen LogP contribution is 2.02. The Bertz CT molecular complexity index is 360. The van der Waals surface area contributed by atoms with Gasteiger partial charge in [0, 0.05) is 25.8 Å². The Kier molecular flexibility index (Phi) is 3.93. The monoisotopic (exact) mass is 237 g/mol. The van der Waals surface area contributed by atoms with Crippen molar-refractivity contribution in [2.24, 2.45) is 0 Å². The standard InChI is InChI=1S/C11H15N3OS/c1-9-6-13-10(7-12-9)11(16)8-14-2-4-15-5-3-14/h6-7H,2-5,8H2,1H3. The van der Waals surface area contributed by atoms with E-state index in [0.29, 0.717) is 0 Å². The number of aryl methyl sites for hydroxylation is 1. The SMILES string of the molecule is Cc1cnc(C(=S)CN2CCOCC2)cn1. The molecule has 0 unspecified atom stereocenters. The second-order valence-corrected chi connectivity index (χ2v) is 4.35. The molecule has 0 radical (unpaired) electrons. The van der Waals surface area contributed by atoms with Gasteiger partial charge in [-0.25, -0.2) is 0 Å². The molecule has 0 aliphatic carbocycles. The number of nitrogens with zero attached hydrogens (tertiary/aromatic N) is 3. The fourth-order valence-electron chi connectivity index (χ4n) is 1.58. The van der Waals surface area contributed by atoms with E-state index in [2.05, 4.69) is 14.9 Å². The Hall–Kier alpha value is -0.910. The van der Waals surface area contributed by atoms with Gasteiger partial charge in [0.1, 0.15) is 0 Å². The average molecular weight is 237 g/mol. The molecule has 5 heteroatoms. The lowest BCUT2D eigenvalue weighted by Gasteiger charge is -2.26. The van der Waals surface area contributed by atoms with Crippen molar-refractivity contribution in [1.29, 1.82) is 0 Å². The molecule has 2 rings (SSSR count). The minimum absolute atomic E-state index is 0.774. The van der Waals surface area contributed by atoms with Crippen LogP contribution in [0.2, 0.25) is 0 Å². The van der Waals surface area contributed by atoms with E-state index >= 15 is 0 Å². The molecule has 1 aromatic heterocycles. The first-order chi connectivity index (χ1) is 7.75. The van der Waals surface area contributed by atoms with Crippen LogP contribution in [0.1, 0.15) is 11.4 Å². The number of hydrogen-bond acceptors (Lipinski definition) is 5. The van der Waals surface area contributed by atoms with E-state index in [0.717, 1.165) is 49.1 Å². The molecule has 1 aromatic rings. The van der Waals surface area contributed by atoms with Crippen molar-refractivity contribution in [2.75, 3.05) is 32.8 Å². The molecule has 0 aromatic carbocycles. The summed E-state index contributed by atoms with van der Waals surface area (Å²) in [5, 5.41) is 0. The predicted molar refractivity (Wildman–Crippen MR) is 65.7 cm³/mol. The van der Waals surface area contributed by atoms with Gasteiger partial charge < -0.3 is 4.74 Å². The summed E-state index contributed by atoms with van der Waals surface area (Å²) in [6, 6.07) is 0. The number of thiocarbonyl (C=S) groups is 1. The molecule has 1 aliphatic heterocycles. The molecule has 1 saturated heterocycles. The maximum atomic E-state index is 5.36. The molecule has 1 fully saturated rings. The van der Waals surface area contributed by atoms with Crippen LogP contribution in [0.5, 0.6) is 0 Å². The second-order valence-electron chi connectivity index (χ2n) is 3.85. The Labute approximate surface area is 101 Å². The largest absolute Gasteiger partial charge is 0.379 e. The maximum Gasteiger partial charge on any atom is 0.0965 e. The van der Waals surface area contributed by atoms with E-state index < -0.39 is 0 Å². The third kappa shape index (κ3) is 3.04. The van der Waals surface area contributed by atoms with Crippen LogP contribution in [0, 0.1) is 6.92 Å². The maximum absolute atomic E-state index is 5.36. The molecule has 0 N–H and O–H groups in total. The van der Waals surface area contributed by atoms with Gasteiger partial charge in [-0.2, -0.15) is 0 Å². The summed E-state index contributed by atoms with van der Waals surface area (Å²) in [4.78, 5) is 11.6. The van der Waals surface area contributed by atoms with Gasteiger partial charge in [-0.05, 0) is 6.92 Å². The summed E-state index contributed by atoms with van der Waals surface area (Å²) in [7, 11) is 0. The van der Waals surface area contributed by atoms with Crippen LogP contribution in [0.4, 0.5) is 0 Å². The van der Waals surface area contributed by atoms with Crippen LogP contribution in [0.3, 0.4) is 0 Å². The number of ether oxygens (including phenoxy) is 1. The molecule has 0 atom stereocenters. The van der Waals surface area contributed by atoms with Gasteiger partial charge in [0.2, 0.25) is 0 Å². The first-order valence-electron chi connectivity index (χ1n) is 5.37. The first-order valence-corrected chi connectivity index (χ1v) is 5.78. The van der Waals surface area contributed by atoms with Crippen LogP contribution in [0.25, 0.3) is 0 Å². The van der Waals surface area contributed by atoms with Crippen molar-refractivity contribution < 1.29 is 4.74 Å². The third-order valence-electron chi connectivity index (χ3n) is 2.54. The van der Waals surface area contributed by atoms with Crippen molar-refractivity contribution in [2.45, 2.75) is 6.92 Å². The van der Waals surface area contributed by atoms with Crippen molar-refractivity contribution >= 4 is 17.1 Å². The quantitative estimate of drug-likeness (QED) is 0.575. The first kappa shape index (κ1) is 11.6. The molecule has 0 saturated carbocycles. The lowest BCUT2D eigenvalue weighted by Crippen LogP contribution is -2.39. The van der Waals surface area contributed by atoms with E-state index in [1.807, 2.05) is 6.92 Å². The topological polar surface area (TPSA) is 38.2 Å². The van der Waals surface area contributed by atoms with Gasteiger partial charge in [0.25, 0.3) is 0 Å². The zero-order valence-electron chi connectivity index (χ0n) is 9.35. The number of morpholine rings is 1. The van der Waals surface area contributed by atoms with Crippen LogP contribution < -0.4 is 0 Å². The highest BCUT2D eigenvalue weighted by molar-refractivity contribution is 7.80. The lowest BCUT2D eigenvalue weighted by atomic mass is 10.3. The molecular weight excluding hydrogens is 222 g/mol. The zero-order chi connectivity index (χ0) is 11.4. The zero-order valence-corrected chi connectivity index (χ0v) is 10.2. The number of aromatic nitrogens is 2. The van der Waals surface area contributed by atoms with E-state index in [9.17, 15) is 0 Å². The number of rotatable bonds is 3. The van der Waals surface area contributed by atoms with E-state index in [-0.39, 0.29) is 0 Å². The smallest absolute Gasteiger partial charge is 0.0965 e. The Morgan fingerprint density at radius 3 is 2.75 bits per heavy atom. The summed E-state index contributed by atoms with van der Waals surface area (Å²) < 4.78 is 5.29. The minimum atomic E-state index is 0.774. The minimum Gasteiger partial charge on any atom is -0.379 e. The fraction of sp³-hybridized carbons (Fsp3) is 0.545. The molecule has 16 heavy (non-hydrogen) atoms. The molecule has 2 heterocycles. The second kappa shape index (κ2) is 5.43. The molecular formula is C11H15N3OS. The van der Waals surface area contributed by atoms with Gasteiger partial charge in [-0.15, -0.1) is 0 Å².